The first-order chi connectivity index (χ1) is 9.13. The monoisotopic (exact) mass is 257 g/mol. The van der Waals surface area contributed by atoms with E-state index in [4.69, 9.17) is 4.74 Å². The van der Waals surface area contributed by atoms with Gasteiger partial charge in [-0.05, 0) is 48.9 Å². The predicted octanol–water partition coefficient (Wildman–Crippen LogP) is 3.40. The lowest BCUT2D eigenvalue weighted by molar-refractivity contribution is 0.0601. The third-order valence-electron chi connectivity index (χ3n) is 4.31. The topological polar surface area (TPSA) is 31.2 Å². The van der Waals surface area contributed by atoms with Gasteiger partial charge in [-0.1, -0.05) is 6.92 Å². The molecule has 3 nitrogen and oxygen atoms in total. The molecule has 3 rings (SSSR count). The molecule has 1 unspecified atom stereocenters. The Morgan fingerprint density at radius 1 is 1.42 bits per heavy atom. The fraction of sp³-hybridized carbons (Fsp3) is 0.438. The van der Waals surface area contributed by atoms with E-state index in [0.717, 1.165) is 6.42 Å². The van der Waals surface area contributed by atoms with Crippen molar-refractivity contribution in [2.75, 3.05) is 7.11 Å². The van der Waals surface area contributed by atoms with Crippen molar-refractivity contribution in [1.82, 2.24) is 4.57 Å². The standard InChI is InChI=1S/C16H19NO2/c1-10-5-4-6-12-13-9-11(16(18)19-3)7-8-14(13)17(2)15(10)12/h7-10H,4-6H2,1-3H3. The third-order valence-corrected chi connectivity index (χ3v) is 4.31. The van der Waals surface area contributed by atoms with Gasteiger partial charge in [0.1, 0.15) is 0 Å². The number of nitrogens with zero attached hydrogens (tertiary/aromatic N) is 1. The molecule has 0 saturated carbocycles. The molecule has 1 atom stereocenters. The van der Waals surface area contributed by atoms with Crippen LogP contribution in [0.4, 0.5) is 0 Å². The average molecular weight is 257 g/mol. The molecule has 0 radical (unpaired) electrons. The summed E-state index contributed by atoms with van der Waals surface area (Å²) in [6.07, 6.45) is 3.60. The Bertz CT molecular complexity index is 654. The summed E-state index contributed by atoms with van der Waals surface area (Å²) in [6, 6.07) is 5.87. The van der Waals surface area contributed by atoms with Crippen LogP contribution in [-0.2, 0) is 18.2 Å². The zero-order valence-electron chi connectivity index (χ0n) is 11.7. The molecule has 1 aromatic carbocycles. The van der Waals surface area contributed by atoms with E-state index in [1.54, 1.807) is 0 Å². The fourth-order valence-electron chi connectivity index (χ4n) is 3.40. The molecule has 2 aromatic rings. The SMILES string of the molecule is COC(=O)c1ccc2c(c1)c1c(n2C)C(C)CCC1. The van der Waals surface area contributed by atoms with Gasteiger partial charge < -0.3 is 9.30 Å². The Balaban J connectivity index is 2.26. The molecular formula is C16H19NO2. The van der Waals surface area contributed by atoms with Gasteiger partial charge in [0.25, 0.3) is 0 Å². The highest BCUT2D eigenvalue weighted by Gasteiger charge is 2.24. The second kappa shape index (κ2) is 4.41. The number of rotatable bonds is 1. The van der Waals surface area contributed by atoms with E-state index in [2.05, 4.69) is 18.5 Å². The number of carbonyl (C=O) groups excluding carboxylic acids is 1. The highest BCUT2D eigenvalue weighted by atomic mass is 16.5. The molecule has 0 saturated heterocycles. The van der Waals surface area contributed by atoms with Crippen LogP contribution in [0.5, 0.6) is 0 Å². The van der Waals surface area contributed by atoms with Gasteiger partial charge in [-0.2, -0.15) is 0 Å². The Kier molecular flexibility index (Phi) is 2.85. The molecule has 1 aromatic heterocycles. The summed E-state index contributed by atoms with van der Waals surface area (Å²) in [5, 5.41) is 1.21. The maximum Gasteiger partial charge on any atom is 0.337 e. The Labute approximate surface area is 113 Å². The zero-order chi connectivity index (χ0) is 13.6. The average Bonchev–Trinajstić information content (AvgIpc) is 2.72. The van der Waals surface area contributed by atoms with Crippen LogP contribution in [0.15, 0.2) is 18.2 Å². The van der Waals surface area contributed by atoms with Crippen LogP contribution in [0, 0.1) is 0 Å². The maximum atomic E-state index is 11.7. The summed E-state index contributed by atoms with van der Waals surface area (Å²) in [5.41, 5.74) is 4.71. The third kappa shape index (κ3) is 1.76. The molecule has 1 aliphatic rings. The van der Waals surface area contributed by atoms with E-state index in [-0.39, 0.29) is 5.97 Å². The molecule has 0 aliphatic heterocycles. The van der Waals surface area contributed by atoms with Crippen molar-refractivity contribution in [3.63, 3.8) is 0 Å². The van der Waals surface area contributed by atoms with Crippen LogP contribution in [0.25, 0.3) is 10.9 Å². The molecular weight excluding hydrogens is 238 g/mol. The molecule has 0 bridgehead atoms. The zero-order valence-corrected chi connectivity index (χ0v) is 11.7. The summed E-state index contributed by atoms with van der Waals surface area (Å²) in [7, 11) is 3.55. The highest BCUT2D eigenvalue weighted by Crippen LogP contribution is 2.37. The largest absolute Gasteiger partial charge is 0.465 e. The van der Waals surface area contributed by atoms with Crippen molar-refractivity contribution in [1.29, 1.82) is 0 Å². The number of hydrogen-bond acceptors (Lipinski definition) is 2. The highest BCUT2D eigenvalue weighted by molar-refractivity contribution is 5.96. The fourth-order valence-corrected chi connectivity index (χ4v) is 3.40. The van der Waals surface area contributed by atoms with Crippen LogP contribution in [0.1, 0.15) is 47.3 Å². The number of methoxy groups -OCH3 is 1. The van der Waals surface area contributed by atoms with Gasteiger partial charge in [-0.15, -0.1) is 0 Å². The summed E-state index contributed by atoms with van der Waals surface area (Å²) in [6.45, 7) is 2.29. The number of aromatic nitrogens is 1. The first-order valence-corrected chi connectivity index (χ1v) is 6.83. The first kappa shape index (κ1) is 12.3. The molecule has 0 amide bonds. The van der Waals surface area contributed by atoms with Crippen LogP contribution in [-0.4, -0.2) is 17.6 Å². The lowest BCUT2D eigenvalue weighted by atomic mass is 9.88. The maximum absolute atomic E-state index is 11.7. The summed E-state index contributed by atoms with van der Waals surface area (Å²) in [4.78, 5) is 11.7. The molecule has 0 N–H and O–H groups in total. The molecule has 1 heterocycles. The van der Waals surface area contributed by atoms with Gasteiger partial charge in [0.2, 0.25) is 0 Å². The van der Waals surface area contributed by atoms with E-state index < -0.39 is 0 Å². The summed E-state index contributed by atoms with van der Waals surface area (Å²) >= 11 is 0. The smallest absolute Gasteiger partial charge is 0.337 e. The van der Waals surface area contributed by atoms with Crippen molar-refractivity contribution < 1.29 is 9.53 Å². The van der Waals surface area contributed by atoms with Crippen molar-refractivity contribution in [2.24, 2.45) is 7.05 Å². The summed E-state index contributed by atoms with van der Waals surface area (Å²) in [5.74, 6) is 0.339. The van der Waals surface area contributed by atoms with Gasteiger partial charge in [-0.3, -0.25) is 0 Å². The van der Waals surface area contributed by atoms with E-state index in [0.29, 0.717) is 11.5 Å². The molecule has 0 spiro atoms. The first-order valence-electron chi connectivity index (χ1n) is 6.83. The van der Waals surface area contributed by atoms with Gasteiger partial charge in [-0.25, -0.2) is 4.79 Å². The van der Waals surface area contributed by atoms with Gasteiger partial charge >= 0.3 is 5.97 Å². The molecule has 1 aliphatic carbocycles. The lowest BCUT2D eigenvalue weighted by Crippen LogP contribution is -2.09. The molecule has 3 heteroatoms. The van der Waals surface area contributed by atoms with Gasteiger partial charge in [0, 0.05) is 23.6 Å². The van der Waals surface area contributed by atoms with Crippen LogP contribution in [0.2, 0.25) is 0 Å². The van der Waals surface area contributed by atoms with Gasteiger partial charge in [0.05, 0.1) is 12.7 Å². The van der Waals surface area contributed by atoms with E-state index in [9.17, 15) is 4.79 Å². The van der Waals surface area contributed by atoms with Crippen molar-refractivity contribution in [3.8, 4) is 0 Å². The number of carbonyl (C=O) groups is 1. The van der Waals surface area contributed by atoms with Crippen LogP contribution < -0.4 is 0 Å². The van der Waals surface area contributed by atoms with Crippen molar-refractivity contribution in [2.45, 2.75) is 32.1 Å². The number of hydrogen-bond donors (Lipinski definition) is 0. The quantitative estimate of drug-likeness (QED) is 0.733. The van der Waals surface area contributed by atoms with Crippen molar-refractivity contribution >= 4 is 16.9 Å². The lowest BCUT2D eigenvalue weighted by Gasteiger charge is -2.20. The van der Waals surface area contributed by atoms with Crippen LogP contribution in [0.3, 0.4) is 0 Å². The minimum Gasteiger partial charge on any atom is -0.465 e. The predicted molar refractivity (Wildman–Crippen MR) is 75.6 cm³/mol. The Hall–Kier alpha value is -1.77. The van der Waals surface area contributed by atoms with Crippen LogP contribution >= 0.6 is 0 Å². The number of ether oxygens (including phenoxy) is 1. The van der Waals surface area contributed by atoms with E-state index >= 15 is 0 Å². The number of fused-ring (bicyclic) bond motifs is 3. The number of esters is 1. The minimum absolute atomic E-state index is 0.261. The summed E-state index contributed by atoms with van der Waals surface area (Å²) < 4.78 is 7.10. The van der Waals surface area contributed by atoms with Gasteiger partial charge in [0.15, 0.2) is 0 Å². The minimum atomic E-state index is -0.261. The number of aryl methyl sites for hydroxylation is 2. The number of benzene rings is 1. The Morgan fingerprint density at radius 3 is 2.95 bits per heavy atom. The van der Waals surface area contributed by atoms with Crippen molar-refractivity contribution in [3.05, 3.63) is 35.0 Å². The van der Waals surface area contributed by atoms with E-state index in [1.165, 1.54) is 42.1 Å². The molecule has 19 heavy (non-hydrogen) atoms. The molecule has 0 fully saturated rings. The molecule has 100 valence electrons. The second-order valence-electron chi connectivity index (χ2n) is 5.44. The second-order valence-corrected chi connectivity index (χ2v) is 5.44. The van der Waals surface area contributed by atoms with E-state index in [1.807, 2.05) is 18.2 Å². The Morgan fingerprint density at radius 2 is 2.21 bits per heavy atom. The normalized spacial score (nSPS) is 18.4.